The van der Waals surface area contributed by atoms with E-state index >= 15 is 0 Å². The molecule has 0 aromatic heterocycles. The third kappa shape index (κ3) is 5.67. The Morgan fingerprint density at radius 3 is 2.44 bits per heavy atom. The molecule has 1 aromatic rings. The minimum atomic E-state index is -0.556. The molecule has 18 heavy (non-hydrogen) atoms. The number of hydrogen-bond acceptors (Lipinski definition) is 4. The van der Waals surface area contributed by atoms with Gasteiger partial charge in [-0.15, -0.1) is 0 Å². The number of nitrogens with zero attached hydrogens (tertiary/aromatic N) is 1. The lowest BCUT2D eigenvalue weighted by molar-refractivity contribution is -0.0449. The number of rotatable bonds is 5. The summed E-state index contributed by atoms with van der Waals surface area (Å²) >= 11 is 0. The van der Waals surface area contributed by atoms with Crippen molar-refractivity contribution in [2.45, 2.75) is 32.5 Å². The summed E-state index contributed by atoms with van der Waals surface area (Å²) in [5, 5.41) is 21.5. The van der Waals surface area contributed by atoms with Crippen LogP contribution in [0.4, 0.5) is 5.69 Å². The van der Waals surface area contributed by atoms with Crippen molar-refractivity contribution in [2.75, 3.05) is 18.5 Å². The van der Waals surface area contributed by atoms with Crippen LogP contribution in [0.25, 0.3) is 0 Å². The Morgan fingerprint density at radius 2 is 1.94 bits per heavy atom. The van der Waals surface area contributed by atoms with Gasteiger partial charge in [-0.1, -0.05) is 0 Å². The molecule has 1 unspecified atom stereocenters. The van der Waals surface area contributed by atoms with Gasteiger partial charge in [0.1, 0.15) is 0 Å². The standard InChI is InChI=1S/C14H20N2O2/c1-14(2,3)18-10-13(17)9-16-12-6-4-11(8-15)5-7-12/h4-7,13,16-17H,9-10H2,1-3H3. The number of aliphatic hydroxyl groups excluding tert-OH is 1. The number of ether oxygens (including phenoxy) is 1. The van der Waals surface area contributed by atoms with E-state index in [9.17, 15) is 5.11 Å². The van der Waals surface area contributed by atoms with E-state index in [0.29, 0.717) is 18.7 Å². The Bertz CT molecular complexity index is 401. The highest BCUT2D eigenvalue weighted by atomic mass is 16.5. The van der Waals surface area contributed by atoms with Crippen molar-refractivity contribution in [3.8, 4) is 6.07 Å². The highest BCUT2D eigenvalue weighted by Gasteiger charge is 2.13. The summed E-state index contributed by atoms with van der Waals surface area (Å²) in [6.07, 6.45) is -0.556. The maximum absolute atomic E-state index is 9.73. The van der Waals surface area contributed by atoms with Crippen LogP contribution in [0, 0.1) is 11.3 Å². The van der Waals surface area contributed by atoms with Gasteiger partial charge in [0.25, 0.3) is 0 Å². The van der Waals surface area contributed by atoms with E-state index in [4.69, 9.17) is 10.00 Å². The van der Waals surface area contributed by atoms with E-state index in [0.717, 1.165) is 5.69 Å². The molecule has 0 aliphatic rings. The molecule has 0 aliphatic carbocycles. The van der Waals surface area contributed by atoms with Crippen molar-refractivity contribution in [1.29, 1.82) is 5.26 Å². The molecule has 0 amide bonds. The predicted octanol–water partition coefficient (Wildman–Crippen LogP) is 2.15. The van der Waals surface area contributed by atoms with Crippen molar-refractivity contribution in [3.63, 3.8) is 0 Å². The van der Waals surface area contributed by atoms with Crippen molar-refractivity contribution >= 4 is 5.69 Å². The molecule has 4 heteroatoms. The van der Waals surface area contributed by atoms with Gasteiger partial charge in [-0.2, -0.15) is 5.26 Å². The SMILES string of the molecule is CC(C)(C)OCC(O)CNc1ccc(C#N)cc1. The topological polar surface area (TPSA) is 65.3 Å². The predicted molar refractivity (Wildman–Crippen MR) is 71.4 cm³/mol. The first-order chi connectivity index (χ1) is 8.40. The largest absolute Gasteiger partial charge is 0.389 e. The molecule has 0 aliphatic heterocycles. The van der Waals surface area contributed by atoms with Crippen LogP contribution in [-0.4, -0.2) is 30.0 Å². The maximum Gasteiger partial charge on any atom is 0.0991 e. The van der Waals surface area contributed by atoms with E-state index in [-0.39, 0.29) is 5.60 Å². The van der Waals surface area contributed by atoms with Crippen LogP contribution in [0.15, 0.2) is 24.3 Å². The van der Waals surface area contributed by atoms with E-state index in [1.54, 1.807) is 12.1 Å². The van der Waals surface area contributed by atoms with E-state index in [1.165, 1.54) is 0 Å². The fourth-order valence-corrected chi connectivity index (χ4v) is 1.30. The van der Waals surface area contributed by atoms with Gasteiger partial charge in [-0.3, -0.25) is 0 Å². The zero-order valence-electron chi connectivity index (χ0n) is 11.1. The molecule has 1 rings (SSSR count). The molecule has 1 aromatic carbocycles. The third-order valence-corrected chi connectivity index (χ3v) is 2.26. The van der Waals surface area contributed by atoms with Gasteiger partial charge in [0.2, 0.25) is 0 Å². The van der Waals surface area contributed by atoms with Gasteiger partial charge in [0.05, 0.1) is 29.9 Å². The molecule has 0 fully saturated rings. The van der Waals surface area contributed by atoms with E-state index in [1.807, 2.05) is 32.9 Å². The van der Waals surface area contributed by atoms with Crippen molar-refractivity contribution in [2.24, 2.45) is 0 Å². The zero-order valence-corrected chi connectivity index (χ0v) is 11.1. The summed E-state index contributed by atoms with van der Waals surface area (Å²) < 4.78 is 5.48. The van der Waals surface area contributed by atoms with Gasteiger partial charge in [0, 0.05) is 12.2 Å². The second-order valence-electron chi connectivity index (χ2n) is 5.15. The van der Waals surface area contributed by atoms with E-state index in [2.05, 4.69) is 11.4 Å². The fourth-order valence-electron chi connectivity index (χ4n) is 1.30. The lowest BCUT2D eigenvalue weighted by Crippen LogP contribution is -2.30. The summed E-state index contributed by atoms with van der Waals surface area (Å²) in [6.45, 7) is 6.57. The van der Waals surface area contributed by atoms with Gasteiger partial charge in [-0.05, 0) is 45.0 Å². The van der Waals surface area contributed by atoms with Crippen LogP contribution >= 0.6 is 0 Å². The summed E-state index contributed by atoms with van der Waals surface area (Å²) in [5.41, 5.74) is 1.26. The lowest BCUT2D eigenvalue weighted by Gasteiger charge is -2.22. The molecule has 0 radical (unpaired) electrons. The van der Waals surface area contributed by atoms with Crippen LogP contribution in [0.3, 0.4) is 0 Å². The third-order valence-electron chi connectivity index (χ3n) is 2.26. The Balaban J connectivity index is 2.33. The van der Waals surface area contributed by atoms with Crippen molar-refractivity contribution < 1.29 is 9.84 Å². The normalized spacial score (nSPS) is 12.8. The summed E-state index contributed by atoms with van der Waals surface area (Å²) in [4.78, 5) is 0. The minimum absolute atomic E-state index is 0.241. The Labute approximate surface area is 108 Å². The monoisotopic (exact) mass is 248 g/mol. The number of hydrogen-bond donors (Lipinski definition) is 2. The van der Waals surface area contributed by atoms with Crippen LogP contribution in [-0.2, 0) is 4.74 Å². The fraction of sp³-hybridized carbons (Fsp3) is 0.500. The van der Waals surface area contributed by atoms with Gasteiger partial charge in [0.15, 0.2) is 0 Å². The molecule has 0 saturated carbocycles. The van der Waals surface area contributed by atoms with Gasteiger partial charge >= 0.3 is 0 Å². The average Bonchev–Trinajstić information content (AvgIpc) is 2.33. The maximum atomic E-state index is 9.73. The summed E-state index contributed by atoms with van der Waals surface area (Å²) in [6, 6.07) is 9.16. The average molecular weight is 248 g/mol. The highest BCUT2D eigenvalue weighted by Crippen LogP contribution is 2.10. The van der Waals surface area contributed by atoms with Crippen LogP contribution in [0.2, 0.25) is 0 Å². The molecule has 1 atom stereocenters. The molecular formula is C14H20N2O2. The second-order valence-corrected chi connectivity index (χ2v) is 5.15. The minimum Gasteiger partial charge on any atom is -0.389 e. The Hall–Kier alpha value is -1.57. The molecule has 0 heterocycles. The Morgan fingerprint density at radius 1 is 1.33 bits per heavy atom. The summed E-state index contributed by atoms with van der Waals surface area (Å²) in [5.74, 6) is 0. The molecule has 0 saturated heterocycles. The molecule has 2 N–H and O–H groups in total. The highest BCUT2D eigenvalue weighted by molar-refractivity contribution is 5.47. The second kappa shape index (κ2) is 6.39. The van der Waals surface area contributed by atoms with Gasteiger partial charge in [-0.25, -0.2) is 0 Å². The van der Waals surface area contributed by atoms with Crippen LogP contribution in [0.1, 0.15) is 26.3 Å². The zero-order chi connectivity index (χ0) is 13.6. The molecule has 0 bridgehead atoms. The Kier molecular flexibility index (Phi) is 5.14. The smallest absolute Gasteiger partial charge is 0.0991 e. The van der Waals surface area contributed by atoms with Crippen LogP contribution < -0.4 is 5.32 Å². The number of benzene rings is 1. The van der Waals surface area contributed by atoms with Gasteiger partial charge < -0.3 is 15.2 Å². The number of aliphatic hydroxyl groups is 1. The first-order valence-corrected chi connectivity index (χ1v) is 5.97. The number of anilines is 1. The van der Waals surface area contributed by atoms with E-state index < -0.39 is 6.10 Å². The first kappa shape index (κ1) is 14.5. The number of nitrogens with one attached hydrogen (secondary N) is 1. The molecular weight excluding hydrogens is 228 g/mol. The number of nitriles is 1. The summed E-state index contributed by atoms with van der Waals surface area (Å²) in [7, 11) is 0. The quantitative estimate of drug-likeness (QED) is 0.838. The van der Waals surface area contributed by atoms with Crippen molar-refractivity contribution in [1.82, 2.24) is 0 Å². The van der Waals surface area contributed by atoms with Crippen LogP contribution in [0.5, 0.6) is 0 Å². The molecule has 4 nitrogen and oxygen atoms in total. The van der Waals surface area contributed by atoms with Crippen molar-refractivity contribution in [3.05, 3.63) is 29.8 Å². The lowest BCUT2D eigenvalue weighted by atomic mass is 10.2. The first-order valence-electron chi connectivity index (χ1n) is 5.97. The molecule has 0 spiro atoms. The molecule has 98 valence electrons.